The number of likely N-dealkylation sites (tertiary alicyclic amines) is 2. The molecular formula is C32H48FN7O2. The third kappa shape index (κ3) is 10.1. The zero-order chi connectivity index (χ0) is 30.5. The molecule has 2 aromatic rings. The highest BCUT2D eigenvalue weighted by Gasteiger charge is 2.40. The summed E-state index contributed by atoms with van der Waals surface area (Å²) in [5.74, 6) is 6.08. The molecule has 3 aliphatic rings. The minimum Gasteiger partial charge on any atom is -0.403 e. The Labute approximate surface area is 249 Å². The van der Waals surface area contributed by atoms with Crippen LogP contribution < -0.4 is 27.6 Å². The lowest BCUT2D eigenvalue weighted by Crippen LogP contribution is -2.47. The molecule has 1 spiro atoms. The van der Waals surface area contributed by atoms with E-state index >= 15 is 0 Å². The molecular weight excluding hydrogens is 533 g/mol. The highest BCUT2D eigenvalue weighted by Crippen LogP contribution is 2.40. The summed E-state index contributed by atoms with van der Waals surface area (Å²) >= 11 is 0. The summed E-state index contributed by atoms with van der Waals surface area (Å²) in [6, 6.07) is 13.6. The zero-order valence-corrected chi connectivity index (χ0v) is 25.1. The molecule has 230 valence electrons. The number of nitrogens with one attached hydrogen (secondary N) is 1. The van der Waals surface area contributed by atoms with Gasteiger partial charge < -0.3 is 26.6 Å². The average molecular weight is 582 g/mol. The maximum Gasteiger partial charge on any atom is 0.251 e. The lowest BCUT2D eigenvalue weighted by Gasteiger charge is -2.39. The first-order chi connectivity index (χ1) is 20.2. The molecule has 0 aromatic heterocycles. The maximum atomic E-state index is 12.5. The van der Waals surface area contributed by atoms with Gasteiger partial charge in [-0.25, -0.2) is 10.2 Å². The number of nitrogens with two attached hydrogens (primary N) is 3. The number of hydrogen-bond acceptors (Lipinski definition) is 7. The van der Waals surface area contributed by atoms with Crippen molar-refractivity contribution in [2.24, 2.45) is 22.7 Å². The molecule has 10 heteroatoms. The first kappa shape index (κ1) is 33.0. The smallest absolute Gasteiger partial charge is 0.251 e. The Hall–Kier alpha value is -3.47. The predicted molar refractivity (Wildman–Crippen MR) is 167 cm³/mol. The lowest BCUT2D eigenvalue weighted by atomic mass is 9.78. The van der Waals surface area contributed by atoms with Crippen LogP contribution in [0.25, 0.3) is 0 Å². The van der Waals surface area contributed by atoms with Gasteiger partial charge in [0.05, 0.1) is 12.2 Å². The number of nitrogens with zero attached hydrogens (tertiary/aromatic N) is 3. The maximum absolute atomic E-state index is 12.5. The van der Waals surface area contributed by atoms with Gasteiger partial charge in [0.2, 0.25) is 5.91 Å². The van der Waals surface area contributed by atoms with Crippen molar-refractivity contribution in [1.82, 2.24) is 15.1 Å². The number of benzene rings is 2. The lowest BCUT2D eigenvalue weighted by molar-refractivity contribution is -0.132. The van der Waals surface area contributed by atoms with Gasteiger partial charge in [-0.2, -0.15) is 0 Å². The van der Waals surface area contributed by atoms with Crippen LogP contribution in [0, 0.1) is 11.2 Å². The molecule has 42 heavy (non-hydrogen) atoms. The van der Waals surface area contributed by atoms with Gasteiger partial charge in [-0.05, 0) is 112 Å². The third-order valence-electron chi connectivity index (χ3n) is 8.09. The highest BCUT2D eigenvalue weighted by molar-refractivity contribution is 5.96. The molecule has 0 unspecified atom stereocenters. The summed E-state index contributed by atoms with van der Waals surface area (Å²) in [6.45, 7) is 6.72. The fourth-order valence-corrected chi connectivity index (χ4v) is 5.28. The molecule has 2 aromatic carbocycles. The quantitative estimate of drug-likeness (QED) is 0.290. The van der Waals surface area contributed by atoms with Crippen LogP contribution in [-0.2, 0) is 4.79 Å². The van der Waals surface area contributed by atoms with E-state index in [1.54, 1.807) is 24.3 Å². The number of amides is 2. The standard InChI is InChI=1S/C20H30N6O2.C9H9F.C3H9N/c1-24-10-6-20(15-24)7-11-25(12-8-20)18(27)14-23-19(28)16-2-4-17(5-3-16)26(22)13-9-21;10-9-5-3-8(4-6-9)7-1-2-7;1-2-3-4/h2-5,9,13H,6-8,10-12,14-15,21-22H2,1H3,(H,23,28);3-7H,1-2H2;2-4H2,1H3/b13-9-;;. The Morgan fingerprint density at radius 3 is 2.14 bits per heavy atom. The second kappa shape index (κ2) is 16.2. The molecule has 5 rings (SSSR count). The van der Waals surface area contributed by atoms with E-state index in [2.05, 4.69) is 24.2 Å². The van der Waals surface area contributed by atoms with E-state index in [-0.39, 0.29) is 24.2 Å². The van der Waals surface area contributed by atoms with E-state index in [0.29, 0.717) is 16.7 Å². The van der Waals surface area contributed by atoms with E-state index in [9.17, 15) is 14.0 Å². The first-order valence-electron chi connectivity index (χ1n) is 14.9. The van der Waals surface area contributed by atoms with Crippen molar-refractivity contribution < 1.29 is 14.0 Å². The second-order valence-corrected chi connectivity index (χ2v) is 11.5. The average Bonchev–Trinajstić information content (AvgIpc) is 3.80. The Morgan fingerprint density at radius 2 is 1.64 bits per heavy atom. The minimum atomic E-state index is -0.274. The number of rotatable bonds is 7. The molecule has 1 saturated carbocycles. The topological polar surface area (TPSA) is 134 Å². The van der Waals surface area contributed by atoms with Crippen LogP contribution in [-0.4, -0.2) is 67.9 Å². The molecule has 7 N–H and O–H groups in total. The molecule has 9 nitrogen and oxygen atoms in total. The molecule has 1 aliphatic carbocycles. The fourth-order valence-electron chi connectivity index (χ4n) is 5.28. The van der Waals surface area contributed by atoms with Gasteiger partial charge in [0.1, 0.15) is 5.82 Å². The highest BCUT2D eigenvalue weighted by atomic mass is 19.1. The number of halogens is 1. The van der Waals surface area contributed by atoms with E-state index in [1.807, 2.05) is 17.0 Å². The van der Waals surface area contributed by atoms with Crippen LogP contribution in [0.15, 0.2) is 60.9 Å². The number of carbonyl (C=O) groups excluding carboxylic acids is 2. The summed E-state index contributed by atoms with van der Waals surface area (Å²) in [5.41, 5.74) is 13.2. The monoisotopic (exact) mass is 581 g/mol. The van der Waals surface area contributed by atoms with Crippen molar-refractivity contribution in [2.45, 2.75) is 51.4 Å². The molecule has 2 amide bonds. The van der Waals surface area contributed by atoms with E-state index in [1.165, 1.54) is 54.4 Å². The number of piperidine rings is 1. The number of carbonyl (C=O) groups is 2. The van der Waals surface area contributed by atoms with Crippen LogP contribution >= 0.6 is 0 Å². The van der Waals surface area contributed by atoms with Gasteiger partial charge in [-0.15, -0.1) is 0 Å². The summed E-state index contributed by atoms with van der Waals surface area (Å²) in [4.78, 5) is 29.0. The number of hydrazine groups is 1. The minimum absolute atomic E-state index is 0.0203. The van der Waals surface area contributed by atoms with Gasteiger partial charge in [-0.3, -0.25) is 14.6 Å². The third-order valence-corrected chi connectivity index (χ3v) is 8.09. The number of hydrogen-bond donors (Lipinski definition) is 4. The van der Waals surface area contributed by atoms with Crippen molar-refractivity contribution >= 4 is 17.5 Å². The van der Waals surface area contributed by atoms with Gasteiger partial charge in [0.25, 0.3) is 5.91 Å². The molecule has 2 saturated heterocycles. The van der Waals surface area contributed by atoms with Crippen molar-refractivity contribution in [3.63, 3.8) is 0 Å². The van der Waals surface area contributed by atoms with Crippen LogP contribution in [0.2, 0.25) is 0 Å². The van der Waals surface area contributed by atoms with Gasteiger partial charge in [-0.1, -0.05) is 19.1 Å². The van der Waals surface area contributed by atoms with E-state index in [0.717, 1.165) is 57.9 Å². The SMILES string of the molecule is CCCN.CN1CCC2(CCN(C(=O)CNC(=O)c3ccc(N(N)/C=C\N)cc3)CC2)C1.Fc1ccc(C2CC2)cc1. The second-order valence-electron chi connectivity index (χ2n) is 11.5. The molecule has 0 atom stereocenters. The van der Waals surface area contributed by atoms with Crippen LogP contribution in [0.4, 0.5) is 10.1 Å². The molecule has 2 heterocycles. The fraction of sp³-hybridized carbons (Fsp3) is 0.500. The van der Waals surface area contributed by atoms with Crippen molar-refractivity contribution in [3.8, 4) is 0 Å². The van der Waals surface area contributed by atoms with Gasteiger partial charge >= 0.3 is 0 Å². The zero-order valence-electron chi connectivity index (χ0n) is 25.1. The van der Waals surface area contributed by atoms with Crippen molar-refractivity contribution in [3.05, 3.63) is 77.9 Å². The van der Waals surface area contributed by atoms with Gasteiger partial charge in [0, 0.05) is 37.6 Å². The Kier molecular flexibility index (Phi) is 12.8. The molecule has 0 radical (unpaired) electrons. The first-order valence-corrected chi connectivity index (χ1v) is 14.9. The largest absolute Gasteiger partial charge is 0.403 e. The van der Waals surface area contributed by atoms with E-state index < -0.39 is 0 Å². The Bertz CT molecular complexity index is 1140. The summed E-state index contributed by atoms with van der Waals surface area (Å²) in [6.07, 6.45) is 9.83. The predicted octanol–water partition coefficient (Wildman–Crippen LogP) is 3.53. The van der Waals surface area contributed by atoms with Crippen molar-refractivity contribution in [1.29, 1.82) is 0 Å². The number of anilines is 1. The van der Waals surface area contributed by atoms with E-state index in [4.69, 9.17) is 17.3 Å². The molecule has 0 bridgehead atoms. The van der Waals surface area contributed by atoms with Crippen molar-refractivity contribution in [2.75, 3.05) is 51.3 Å². The Balaban J connectivity index is 0.000000282. The van der Waals surface area contributed by atoms with Gasteiger partial charge in [0.15, 0.2) is 0 Å². The summed E-state index contributed by atoms with van der Waals surface area (Å²) in [5, 5.41) is 4.08. The Morgan fingerprint density at radius 1 is 1.05 bits per heavy atom. The molecule has 2 aliphatic heterocycles. The van der Waals surface area contributed by atoms with Crippen LogP contribution in [0.3, 0.4) is 0 Å². The normalized spacial score (nSPS) is 17.7. The van der Waals surface area contributed by atoms with Crippen LogP contribution in [0.1, 0.15) is 67.3 Å². The summed E-state index contributed by atoms with van der Waals surface area (Å²) < 4.78 is 12.4. The van der Waals surface area contributed by atoms with Crippen LogP contribution in [0.5, 0.6) is 0 Å². The molecule has 3 fully saturated rings. The summed E-state index contributed by atoms with van der Waals surface area (Å²) in [7, 11) is 2.16.